The third-order valence-electron chi connectivity index (χ3n) is 2.94. The van der Waals surface area contributed by atoms with Crippen LogP contribution in [0.4, 0.5) is 4.39 Å². The lowest BCUT2D eigenvalue weighted by molar-refractivity contribution is 0.0943. The van der Waals surface area contributed by atoms with E-state index in [1.54, 1.807) is 0 Å². The lowest BCUT2D eigenvalue weighted by Gasteiger charge is -2.11. The molecule has 0 unspecified atom stereocenters. The number of rotatable bonds is 4. The minimum atomic E-state index is -0.386. The first-order valence-electron chi connectivity index (χ1n) is 6.79. The number of carbonyl (C=O) groups excluding carboxylic acids is 1. The maximum Gasteiger partial charge on any atom is 0.269 e. The lowest BCUT2D eigenvalue weighted by Crippen LogP contribution is -2.47. The van der Waals surface area contributed by atoms with Gasteiger partial charge in [0.1, 0.15) is 5.82 Å². The molecule has 0 saturated heterocycles. The van der Waals surface area contributed by atoms with E-state index in [2.05, 4.69) is 16.2 Å². The summed E-state index contributed by atoms with van der Waals surface area (Å²) in [6.07, 6.45) is 0.828. The Bertz CT molecular complexity index is 632. The molecule has 3 N–H and O–H groups in total. The third kappa shape index (κ3) is 5.14. The van der Waals surface area contributed by atoms with Gasteiger partial charge in [-0.3, -0.25) is 15.6 Å². The highest BCUT2D eigenvalue weighted by Crippen LogP contribution is 2.01. The zero-order valence-electron chi connectivity index (χ0n) is 11.8. The molecule has 0 fully saturated rings. The van der Waals surface area contributed by atoms with Crippen molar-refractivity contribution in [2.45, 2.75) is 6.42 Å². The van der Waals surface area contributed by atoms with Crippen LogP contribution in [0.2, 0.25) is 0 Å². The molecular formula is C16H16FN3OS. The van der Waals surface area contributed by atoms with Gasteiger partial charge in [0, 0.05) is 12.1 Å². The van der Waals surface area contributed by atoms with Gasteiger partial charge in [0.15, 0.2) is 5.11 Å². The molecule has 0 bridgehead atoms. The maximum atomic E-state index is 12.8. The first-order chi connectivity index (χ1) is 10.6. The van der Waals surface area contributed by atoms with Crippen molar-refractivity contribution in [1.82, 2.24) is 16.2 Å². The van der Waals surface area contributed by atoms with Crippen LogP contribution in [0.5, 0.6) is 0 Å². The fourth-order valence-electron chi connectivity index (χ4n) is 1.80. The number of thiocarbonyl (C=S) groups is 1. The quantitative estimate of drug-likeness (QED) is 0.598. The Balaban J connectivity index is 1.69. The van der Waals surface area contributed by atoms with E-state index in [4.69, 9.17) is 12.2 Å². The summed E-state index contributed by atoms with van der Waals surface area (Å²) in [5, 5.41) is 3.32. The third-order valence-corrected chi connectivity index (χ3v) is 3.18. The molecule has 0 atom stereocenters. The summed E-state index contributed by atoms with van der Waals surface area (Å²) in [7, 11) is 0. The second kappa shape index (κ2) is 8.09. The number of amides is 1. The molecule has 1 amide bonds. The Labute approximate surface area is 133 Å². The average Bonchev–Trinajstić information content (AvgIpc) is 2.54. The SMILES string of the molecule is O=C(NNC(=S)NCCc1ccccc1)c1ccc(F)cc1. The van der Waals surface area contributed by atoms with E-state index in [1.807, 2.05) is 30.3 Å². The van der Waals surface area contributed by atoms with Gasteiger partial charge in [-0.1, -0.05) is 30.3 Å². The minimum Gasteiger partial charge on any atom is -0.361 e. The molecule has 0 aromatic heterocycles. The van der Waals surface area contributed by atoms with Crippen molar-refractivity contribution < 1.29 is 9.18 Å². The van der Waals surface area contributed by atoms with E-state index >= 15 is 0 Å². The van der Waals surface area contributed by atoms with Gasteiger partial charge >= 0.3 is 0 Å². The summed E-state index contributed by atoms with van der Waals surface area (Å²) in [6, 6.07) is 15.3. The molecule has 0 spiro atoms. The van der Waals surface area contributed by atoms with Crippen LogP contribution >= 0.6 is 12.2 Å². The highest BCUT2D eigenvalue weighted by molar-refractivity contribution is 7.80. The monoisotopic (exact) mass is 317 g/mol. The van der Waals surface area contributed by atoms with Crippen LogP contribution in [0, 0.1) is 5.82 Å². The average molecular weight is 317 g/mol. The number of hydrazine groups is 1. The standard InChI is InChI=1S/C16H16FN3OS/c17-14-8-6-13(7-9-14)15(21)19-20-16(22)18-11-10-12-4-2-1-3-5-12/h1-9H,10-11H2,(H,19,21)(H2,18,20,22). The number of nitrogens with one attached hydrogen (secondary N) is 3. The van der Waals surface area contributed by atoms with Crippen LogP contribution < -0.4 is 16.2 Å². The van der Waals surface area contributed by atoms with Crippen LogP contribution in [0.25, 0.3) is 0 Å². The van der Waals surface area contributed by atoms with E-state index in [9.17, 15) is 9.18 Å². The Morgan fingerprint density at radius 2 is 1.68 bits per heavy atom. The molecular weight excluding hydrogens is 301 g/mol. The fourth-order valence-corrected chi connectivity index (χ4v) is 1.95. The Hall–Kier alpha value is -2.47. The number of carbonyl (C=O) groups is 1. The van der Waals surface area contributed by atoms with E-state index in [0.717, 1.165) is 6.42 Å². The van der Waals surface area contributed by atoms with E-state index < -0.39 is 0 Å². The smallest absolute Gasteiger partial charge is 0.269 e. The molecule has 2 aromatic carbocycles. The normalized spacial score (nSPS) is 9.86. The highest BCUT2D eigenvalue weighted by atomic mass is 32.1. The van der Waals surface area contributed by atoms with Gasteiger partial charge in [0.25, 0.3) is 5.91 Å². The fraction of sp³-hybridized carbons (Fsp3) is 0.125. The molecule has 0 saturated carbocycles. The van der Waals surface area contributed by atoms with Crippen LogP contribution in [-0.4, -0.2) is 17.6 Å². The zero-order chi connectivity index (χ0) is 15.8. The zero-order valence-corrected chi connectivity index (χ0v) is 12.6. The molecule has 114 valence electrons. The van der Waals surface area contributed by atoms with E-state index in [0.29, 0.717) is 17.2 Å². The predicted molar refractivity (Wildman–Crippen MR) is 87.7 cm³/mol. The Morgan fingerprint density at radius 1 is 1.00 bits per heavy atom. The summed E-state index contributed by atoms with van der Waals surface area (Å²) < 4.78 is 12.8. The number of hydrogen-bond acceptors (Lipinski definition) is 2. The molecule has 0 heterocycles. The molecule has 2 rings (SSSR count). The molecule has 4 nitrogen and oxygen atoms in total. The largest absolute Gasteiger partial charge is 0.361 e. The van der Waals surface area contributed by atoms with Gasteiger partial charge in [-0.15, -0.1) is 0 Å². The molecule has 0 radical (unpaired) electrons. The highest BCUT2D eigenvalue weighted by Gasteiger charge is 2.05. The summed E-state index contributed by atoms with van der Waals surface area (Å²) in [4.78, 5) is 11.8. The molecule has 6 heteroatoms. The van der Waals surface area contributed by atoms with Gasteiger partial charge in [0.2, 0.25) is 0 Å². The van der Waals surface area contributed by atoms with Crippen LogP contribution in [0.1, 0.15) is 15.9 Å². The van der Waals surface area contributed by atoms with Gasteiger partial charge in [-0.2, -0.15) is 0 Å². The van der Waals surface area contributed by atoms with Crippen molar-refractivity contribution in [2.75, 3.05) is 6.54 Å². The van der Waals surface area contributed by atoms with Crippen molar-refractivity contribution >= 4 is 23.2 Å². The molecule has 0 aliphatic carbocycles. The summed E-state index contributed by atoms with van der Waals surface area (Å²) >= 11 is 5.06. The van der Waals surface area contributed by atoms with E-state index in [1.165, 1.54) is 29.8 Å². The van der Waals surface area contributed by atoms with Crippen molar-refractivity contribution in [3.05, 3.63) is 71.5 Å². The van der Waals surface area contributed by atoms with E-state index in [-0.39, 0.29) is 11.7 Å². The summed E-state index contributed by atoms with van der Waals surface area (Å²) in [5.41, 5.74) is 6.61. The Morgan fingerprint density at radius 3 is 2.36 bits per heavy atom. The maximum absolute atomic E-state index is 12.8. The topological polar surface area (TPSA) is 53.2 Å². The number of halogens is 1. The number of benzene rings is 2. The second-order valence-corrected chi connectivity index (χ2v) is 4.99. The predicted octanol–water partition coefficient (Wildman–Crippen LogP) is 2.18. The van der Waals surface area contributed by atoms with Crippen LogP contribution in [0.15, 0.2) is 54.6 Å². The van der Waals surface area contributed by atoms with Crippen molar-refractivity contribution in [3.8, 4) is 0 Å². The van der Waals surface area contributed by atoms with Crippen LogP contribution in [0.3, 0.4) is 0 Å². The van der Waals surface area contributed by atoms with Gasteiger partial charge in [-0.05, 0) is 48.5 Å². The van der Waals surface area contributed by atoms with Crippen molar-refractivity contribution in [2.24, 2.45) is 0 Å². The molecule has 22 heavy (non-hydrogen) atoms. The molecule has 0 aliphatic rings. The lowest BCUT2D eigenvalue weighted by atomic mass is 10.1. The van der Waals surface area contributed by atoms with Gasteiger partial charge < -0.3 is 5.32 Å². The molecule has 2 aromatic rings. The van der Waals surface area contributed by atoms with Crippen molar-refractivity contribution in [1.29, 1.82) is 0 Å². The minimum absolute atomic E-state index is 0.325. The van der Waals surface area contributed by atoms with Crippen molar-refractivity contribution in [3.63, 3.8) is 0 Å². The summed E-state index contributed by atoms with van der Waals surface area (Å²) in [5.74, 6) is -0.769. The Kier molecular flexibility index (Phi) is 5.85. The number of hydrogen-bond donors (Lipinski definition) is 3. The second-order valence-electron chi connectivity index (χ2n) is 4.58. The van der Waals surface area contributed by atoms with Gasteiger partial charge in [-0.25, -0.2) is 4.39 Å². The first-order valence-corrected chi connectivity index (χ1v) is 7.19. The van der Waals surface area contributed by atoms with Crippen LogP contribution in [-0.2, 0) is 6.42 Å². The first kappa shape index (κ1) is 15.9. The summed E-state index contributed by atoms with van der Waals surface area (Å²) in [6.45, 7) is 0.655. The van der Waals surface area contributed by atoms with Gasteiger partial charge in [0.05, 0.1) is 0 Å². The molecule has 0 aliphatic heterocycles.